The van der Waals surface area contributed by atoms with E-state index in [0.717, 1.165) is 12.8 Å². The summed E-state index contributed by atoms with van der Waals surface area (Å²) in [5.41, 5.74) is 1.15. The van der Waals surface area contributed by atoms with E-state index in [-0.39, 0.29) is 6.09 Å². The van der Waals surface area contributed by atoms with Crippen LogP contribution in [0.15, 0.2) is 6.07 Å². The number of amides is 1. The monoisotopic (exact) mass is 295 g/mol. The maximum Gasteiger partial charge on any atom is 0.407 e. The van der Waals surface area contributed by atoms with Gasteiger partial charge in [-0.05, 0) is 70.9 Å². The number of hydrogen-bond acceptors (Lipinski definition) is 3. The van der Waals surface area contributed by atoms with Gasteiger partial charge in [0.2, 0.25) is 0 Å². The highest BCUT2D eigenvalue weighted by Gasteiger charge is 2.16. The van der Waals surface area contributed by atoms with E-state index in [2.05, 4.69) is 11.4 Å². The molecule has 1 heterocycles. The number of hydrogen-bond donors (Lipinski definition) is 1. The van der Waals surface area contributed by atoms with Crippen LogP contribution < -0.4 is 5.32 Å². The summed E-state index contributed by atoms with van der Waals surface area (Å²) in [6, 6.07) is 2.37. The van der Waals surface area contributed by atoms with E-state index in [4.69, 9.17) is 4.74 Å². The molecule has 0 bridgehead atoms. The van der Waals surface area contributed by atoms with Gasteiger partial charge in [0.1, 0.15) is 5.60 Å². The van der Waals surface area contributed by atoms with Crippen molar-refractivity contribution in [2.45, 2.75) is 64.9 Å². The third-order valence-electron chi connectivity index (χ3n) is 3.32. The van der Waals surface area contributed by atoms with Gasteiger partial charge in [0.25, 0.3) is 0 Å². The highest BCUT2D eigenvalue weighted by Crippen LogP contribution is 2.30. The van der Waals surface area contributed by atoms with E-state index in [9.17, 15) is 4.79 Å². The predicted octanol–water partition coefficient (Wildman–Crippen LogP) is 4.08. The number of aryl methyl sites for hydroxylation is 3. The Balaban J connectivity index is 1.68. The molecular formula is C16H25NO2S. The third-order valence-corrected chi connectivity index (χ3v) is 4.61. The molecule has 0 aromatic carbocycles. The number of ether oxygens (including phenoxy) is 1. The van der Waals surface area contributed by atoms with Crippen molar-refractivity contribution in [1.29, 1.82) is 0 Å². The summed E-state index contributed by atoms with van der Waals surface area (Å²) >= 11 is 1.96. The topological polar surface area (TPSA) is 38.3 Å². The van der Waals surface area contributed by atoms with Gasteiger partial charge >= 0.3 is 6.09 Å². The van der Waals surface area contributed by atoms with Crippen LogP contribution in [0, 0.1) is 0 Å². The zero-order valence-corrected chi connectivity index (χ0v) is 13.6. The maximum absolute atomic E-state index is 11.5. The molecule has 0 saturated heterocycles. The van der Waals surface area contributed by atoms with E-state index in [0.29, 0.717) is 6.54 Å². The van der Waals surface area contributed by atoms with Crippen molar-refractivity contribution in [3.8, 4) is 0 Å². The summed E-state index contributed by atoms with van der Waals surface area (Å²) in [7, 11) is 0. The summed E-state index contributed by atoms with van der Waals surface area (Å²) < 4.78 is 5.21. The molecule has 0 aliphatic heterocycles. The van der Waals surface area contributed by atoms with Crippen molar-refractivity contribution in [2.75, 3.05) is 6.54 Å². The number of alkyl carbamates (subject to hydrolysis) is 1. The number of thiophene rings is 1. The van der Waals surface area contributed by atoms with Crippen LogP contribution in [0.5, 0.6) is 0 Å². The Morgan fingerprint density at radius 3 is 2.80 bits per heavy atom. The van der Waals surface area contributed by atoms with Gasteiger partial charge in [0.05, 0.1) is 0 Å². The maximum atomic E-state index is 11.5. The first-order chi connectivity index (χ1) is 9.44. The standard InChI is InChI=1S/C16H25NO2S/c1-16(2,3)19-15(18)17-10-6-8-13-11-12-7-4-5-9-14(12)20-13/h11H,4-10H2,1-3H3,(H,17,18). The number of carbonyl (C=O) groups is 1. The van der Waals surface area contributed by atoms with Crippen molar-refractivity contribution in [2.24, 2.45) is 0 Å². The molecule has 0 radical (unpaired) electrons. The Labute approximate surface area is 125 Å². The van der Waals surface area contributed by atoms with E-state index in [1.54, 1.807) is 10.4 Å². The fourth-order valence-electron chi connectivity index (χ4n) is 2.44. The average molecular weight is 295 g/mol. The molecule has 3 nitrogen and oxygen atoms in total. The minimum atomic E-state index is -0.420. The molecule has 1 N–H and O–H groups in total. The Morgan fingerprint density at radius 2 is 2.10 bits per heavy atom. The van der Waals surface area contributed by atoms with Gasteiger partial charge < -0.3 is 10.1 Å². The van der Waals surface area contributed by atoms with Crippen LogP contribution in [0.1, 0.15) is 55.4 Å². The van der Waals surface area contributed by atoms with Crippen LogP contribution in [0.4, 0.5) is 4.79 Å². The molecular weight excluding hydrogens is 270 g/mol. The lowest BCUT2D eigenvalue weighted by molar-refractivity contribution is 0.0527. The average Bonchev–Trinajstić information content (AvgIpc) is 2.75. The lowest BCUT2D eigenvalue weighted by atomic mass is 9.99. The van der Waals surface area contributed by atoms with Crippen LogP contribution in [0.3, 0.4) is 0 Å². The van der Waals surface area contributed by atoms with Crippen molar-refractivity contribution in [3.05, 3.63) is 21.4 Å². The molecule has 0 saturated carbocycles. The van der Waals surface area contributed by atoms with Crippen LogP contribution in [0.25, 0.3) is 0 Å². The first-order valence-corrected chi connectivity index (χ1v) is 8.33. The quantitative estimate of drug-likeness (QED) is 0.850. The Bertz CT molecular complexity index is 436. The molecule has 0 atom stereocenters. The van der Waals surface area contributed by atoms with Crippen molar-refractivity contribution in [3.63, 3.8) is 0 Å². The van der Waals surface area contributed by atoms with Crippen LogP contribution in [0.2, 0.25) is 0 Å². The molecule has 0 fully saturated rings. The van der Waals surface area contributed by atoms with Gasteiger partial charge in [-0.3, -0.25) is 0 Å². The van der Waals surface area contributed by atoms with Crippen LogP contribution in [-0.2, 0) is 24.0 Å². The van der Waals surface area contributed by atoms with E-state index >= 15 is 0 Å². The minimum Gasteiger partial charge on any atom is -0.444 e. The Kier molecular flexibility index (Phi) is 5.08. The molecule has 1 amide bonds. The zero-order valence-electron chi connectivity index (χ0n) is 12.8. The number of carbonyl (C=O) groups excluding carboxylic acids is 1. The summed E-state index contributed by atoms with van der Waals surface area (Å²) in [6.45, 7) is 6.31. The molecule has 0 unspecified atom stereocenters. The van der Waals surface area contributed by atoms with Gasteiger partial charge in [0, 0.05) is 16.3 Å². The second-order valence-electron chi connectivity index (χ2n) is 6.40. The first kappa shape index (κ1) is 15.4. The molecule has 1 aromatic heterocycles. The number of nitrogens with one attached hydrogen (secondary N) is 1. The highest BCUT2D eigenvalue weighted by atomic mass is 32.1. The second kappa shape index (κ2) is 6.61. The van der Waals surface area contributed by atoms with Gasteiger partial charge in [0.15, 0.2) is 0 Å². The molecule has 2 rings (SSSR count). The lowest BCUT2D eigenvalue weighted by Crippen LogP contribution is -2.33. The van der Waals surface area contributed by atoms with Crippen molar-refractivity contribution in [1.82, 2.24) is 5.32 Å². The fraction of sp³-hybridized carbons (Fsp3) is 0.688. The smallest absolute Gasteiger partial charge is 0.407 e. The van der Waals surface area contributed by atoms with Crippen molar-refractivity contribution < 1.29 is 9.53 Å². The van der Waals surface area contributed by atoms with Gasteiger partial charge in [-0.25, -0.2) is 4.79 Å². The zero-order chi connectivity index (χ0) is 14.6. The fourth-order valence-corrected chi connectivity index (χ4v) is 3.75. The normalized spacial score (nSPS) is 14.8. The molecule has 0 spiro atoms. The Morgan fingerprint density at radius 1 is 1.35 bits per heavy atom. The van der Waals surface area contributed by atoms with Gasteiger partial charge in [-0.1, -0.05) is 0 Å². The first-order valence-electron chi connectivity index (χ1n) is 7.51. The minimum absolute atomic E-state index is 0.317. The second-order valence-corrected chi connectivity index (χ2v) is 7.62. The van der Waals surface area contributed by atoms with Gasteiger partial charge in [-0.15, -0.1) is 11.3 Å². The van der Waals surface area contributed by atoms with E-state index < -0.39 is 5.60 Å². The molecule has 1 aromatic rings. The summed E-state index contributed by atoms with van der Waals surface area (Å²) in [5.74, 6) is 0. The number of rotatable bonds is 4. The molecule has 4 heteroatoms. The largest absolute Gasteiger partial charge is 0.444 e. The van der Waals surface area contributed by atoms with E-state index in [1.165, 1.54) is 30.6 Å². The SMILES string of the molecule is CC(C)(C)OC(=O)NCCCc1cc2c(s1)CCCC2. The van der Waals surface area contributed by atoms with Gasteiger partial charge in [-0.2, -0.15) is 0 Å². The van der Waals surface area contributed by atoms with Crippen LogP contribution in [-0.4, -0.2) is 18.2 Å². The third kappa shape index (κ3) is 4.82. The predicted molar refractivity (Wildman–Crippen MR) is 83.5 cm³/mol. The Hall–Kier alpha value is -1.03. The summed E-state index contributed by atoms with van der Waals surface area (Å²) in [5, 5.41) is 2.81. The molecule has 1 aliphatic carbocycles. The number of fused-ring (bicyclic) bond motifs is 1. The van der Waals surface area contributed by atoms with Crippen molar-refractivity contribution >= 4 is 17.4 Å². The molecule has 20 heavy (non-hydrogen) atoms. The molecule has 112 valence electrons. The van der Waals surface area contributed by atoms with Crippen LogP contribution >= 0.6 is 11.3 Å². The summed E-state index contributed by atoms with van der Waals surface area (Å²) in [6.07, 6.45) is 6.89. The summed E-state index contributed by atoms with van der Waals surface area (Å²) in [4.78, 5) is 14.5. The molecule has 1 aliphatic rings. The lowest BCUT2D eigenvalue weighted by Gasteiger charge is -2.19. The van der Waals surface area contributed by atoms with E-state index in [1.807, 2.05) is 32.1 Å². The highest BCUT2D eigenvalue weighted by molar-refractivity contribution is 7.12.